The van der Waals surface area contributed by atoms with Crippen LogP contribution in [-0.2, 0) is 10.2 Å². The molecule has 11 rings (SSSR count). The van der Waals surface area contributed by atoms with Gasteiger partial charge in [-0.3, -0.25) is 0 Å². The Morgan fingerprint density at radius 3 is 1.50 bits per heavy atom. The van der Waals surface area contributed by atoms with Crippen LogP contribution in [0.25, 0.3) is 66.1 Å². The molecule has 3 unspecified atom stereocenters. The van der Waals surface area contributed by atoms with Crippen molar-refractivity contribution in [1.29, 1.82) is 0 Å². The summed E-state index contributed by atoms with van der Waals surface area (Å²) >= 11 is 0. The molecular weight excluding hydrogens is 633 g/mol. The van der Waals surface area contributed by atoms with Gasteiger partial charge in [0.05, 0.1) is 22.1 Å². The summed E-state index contributed by atoms with van der Waals surface area (Å²) in [6.45, 7) is 4.19. The van der Waals surface area contributed by atoms with Gasteiger partial charge in [-0.1, -0.05) is 104 Å². The molecule has 0 spiro atoms. The second kappa shape index (κ2) is 11.6. The molecular formula is C49H42N2O. The van der Waals surface area contributed by atoms with Gasteiger partial charge in [0, 0.05) is 51.5 Å². The minimum atomic E-state index is -0.174. The summed E-state index contributed by atoms with van der Waals surface area (Å²) in [6, 6.07) is 49.8. The maximum Gasteiger partial charge on any atom is 0.0541 e. The number of nitrogens with zero attached hydrogens (tertiary/aromatic N) is 2. The van der Waals surface area contributed by atoms with Gasteiger partial charge in [0.15, 0.2) is 0 Å². The summed E-state index contributed by atoms with van der Waals surface area (Å²) < 4.78 is 11.4. The monoisotopic (exact) mass is 674 g/mol. The van der Waals surface area contributed by atoms with Gasteiger partial charge >= 0.3 is 0 Å². The largest absolute Gasteiger partial charge is 0.381 e. The van der Waals surface area contributed by atoms with E-state index < -0.39 is 0 Å². The lowest BCUT2D eigenvalue weighted by atomic mass is 9.76. The topological polar surface area (TPSA) is 19.1 Å². The minimum Gasteiger partial charge on any atom is -0.381 e. The standard InChI is InChI=1S/C49H42N2O/c1-49(25-10-26-52-31-34-28-32-19-20-33(34)27-32)43-29-35(50-45-15-6-2-11-39(45)40-12-3-7-16-46(40)50)21-23-37(43)38-24-22-36(30-44(38)49)51-47-17-8-4-13-41(47)42-14-5-9-18-48(42)51/h2-9,11-24,29-30,32-34H,10,25-28,31H2,1H3. The van der Waals surface area contributed by atoms with Crippen LogP contribution in [0.2, 0.25) is 0 Å². The molecule has 3 aliphatic rings. The van der Waals surface area contributed by atoms with Crippen molar-refractivity contribution in [2.75, 3.05) is 13.2 Å². The number of allylic oxidation sites excluding steroid dienone is 2. The maximum absolute atomic E-state index is 6.47. The van der Waals surface area contributed by atoms with Crippen LogP contribution in [0.1, 0.15) is 43.7 Å². The molecule has 1 saturated carbocycles. The number of ether oxygens (including phenoxy) is 1. The zero-order chi connectivity index (χ0) is 34.4. The SMILES string of the molecule is CC1(CCCOCC2CC3C=CC2C3)c2cc(-n3c4ccccc4c4ccccc43)ccc2-c2ccc(-n3c4ccccc4c4ccccc43)cc21. The Kier molecular flexibility index (Phi) is 6.73. The van der Waals surface area contributed by atoms with Gasteiger partial charge in [-0.25, -0.2) is 0 Å². The first-order chi connectivity index (χ1) is 25.7. The fraction of sp³-hybridized carbons (Fsp3) is 0.224. The van der Waals surface area contributed by atoms with Crippen LogP contribution in [0.4, 0.5) is 0 Å². The van der Waals surface area contributed by atoms with E-state index in [9.17, 15) is 0 Å². The Hall–Kier alpha value is -5.38. The molecule has 2 bridgehead atoms. The molecule has 0 N–H and O–H groups in total. The summed E-state index contributed by atoms with van der Waals surface area (Å²) in [6.07, 6.45) is 9.55. The third-order valence-electron chi connectivity index (χ3n) is 12.9. The van der Waals surface area contributed by atoms with Crippen molar-refractivity contribution < 1.29 is 4.74 Å². The summed E-state index contributed by atoms with van der Waals surface area (Å²) in [4.78, 5) is 0. The normalized spacial score (nSPS) is 19.8. The van der Waals surface area contributed by atoms with Gasteiger partial charge in [0.1, 0.15) is 0 Å². The Bertz CT molecular complexity index is 2450. The lowest BCUT2D eigenvalue weighted by molar-refractivity contribution is 0.0858. The molecule has 3 atom stereocenters. The summed E-state index contributed by atoms with van der Waals surface area (Å²) in [7, 11) is 0. The van der Waals surface area contributed by atoms with Crippen molar-refractivity contribution in [3.05, 3.63) is 157 Å². The molecule has 2 aromatic heterocycles. The van der Waals surface area contributed by atoms with Gasteiger partial charge in [0.25, 0.3) is 0 Å². The second-order valence-corrected chi connectivity index (χ2v) is 15.8. The average Bonchev–Trinajstić information content (AvgIpc) is 4.01. The molecule has 3 aliphatic carbocycles. The highest BCUT2D eigenvalue weighted by Gasteiger charge is 2.40. The number of hydrogen-bond acceptors (Lipinski definition) is 1. The maximum atomic E-state index is 6.47. The lowest BCUT2D eigenvalue weighted by Gasteiger charge is -2.29. The number of aromatic nitrogens is 2. The Morgan fingerprint density at radius 1 is 0.577 bits per heavy atom. The zero-order valence-corrected chi connectivity index (χ0v) is 29.6. The molecule has 8 aromatic rings. The van der Waals surface area contributed by atoms with E-state index in [1.54, 1.807) is 0 Å². The Labute approximate surface area is 304 Å². The van der Waals surface area contributed by atoms with Crippen molar-refractivity contribution in [2.24, 2.45) is 17.8 Å². The van der Waals surface area contributed by atoms with Crippen molar-refractivity contribution in [2.45, 2.75) is 38.0 Å². The zero-order valence-electron chi connectivity index (χ0n) is 29.6. The highest BCUT2D eigenvalue weighted by atomic mass is 16.5. The molecule has 6 aromatic carbocycles. The molecule has 0 aliphatic heterocycles. The molecule has 0 saturated heterocycles. The number of para-hydroxylation sites is 4. The predicted molar refractivity (Wildman–Crippen MR) is 216 cm³/mol. The quantitative estimate of drug-likeness (QED) is 0.116. The predicted octanol–water partition coefficient (Wildman–Crippen LogP) is 12.2. The van der Waals surface area contributed by atoms with E-state index in [0.29, 0.717) is 5.92 Å². The first kappa shape index (κ1) is 30.3. The van der Waals surface area contributed by atoms with Crippen LogP contribution in [0.3, 0.4) is 0 Å². The van der Waals surface area contributed by atoms with Crippen LogP contribution in [0.5, 0.6) is 0 Å². The summed E-state index contributed by atoms with van der Waals surface area (Å²) in [5, 5.41) is 5.18. The van der Waals surface area contributed by atoms with Crippen LogP contribution in [-0.4, -0.2) is 22.3 Å². The number of fused-ring (bicyclic) bond motifs is 11. The second-order valence-electron chi connectivity index (χ2n) is 15.8. The van der Waals surface area contributed by atoms with E-state index >= 15 is 0 Å². The fourth-order valence-electron chi connectivity index (χ4n) is 10.4. The molecule has 3 nitrogen and oxygen atoms in total. The smallest absolute Gasteiger partial charge is 0.0541 e. The van der Waals surface area contributed by atoms with E-state index in [-0.39, 0.29) is 5.41 Å². The van der Waals surface area contributed by atoms with Gasteiger partial charge in [-0.15, -0.1) is 0 Å². The molecule has 0 amide bonds. The minimum absolute atomic E-state index is 0.174. The van der Waals surface area contributed by atoms with Crippen LogP contribution in [0, 0.1) is 17.8 Å². The van der Waals surface area contributed by atoms with E-state index in [4.69, 9.17) is 4.74 Å². The highest BCUT2D eigenvalue weighted by Crippen LogP contribution is 2.53. The van der Waals surface area contributed by atoms with E-state index in [0.717, 1.165) is 37.9 Å². The van der Waals surface area contributed by atoms with Crippen LogP contribution >= 0.6 is 0 Å². The molecule has 2 heterocycles. The van der Waals surface area contributed by atoms with Crippen molar-refractivity contribution in [1.82, 2.24) is 9.13 Å². The molecule has 1 fully saturated rings. The number of benzene rings is 6. The number of hydrogen-bond donors (Lipinski definition) is 0. The van der Waals surface area contributed by atoms with Crippen molar-refractivity contribution in [3.8, 4) is 22.5 Å². The third-order valence-corrected chi connectivity index (χ3v) is 12.9. The van der Waals surface area contributed by atoms with Gasteiger partial charge in [-0.05, 0) is 114 Å². The first-order valence-corrected chi connectivity index (χ1v) is 19.2. The fourth-order valence-corrected chi connectivity index (χ4v) is 10.4. The van der Waals surface area contributed by atoms with Crippen LogP contribution in [0.15, 0.2) is 146 Å². The van der Waals surface area contributed by atoms with Gasteiger partial charge < -0.3 is 13.9 Å². The van der Waals surface area contributed by atoms with E-state index in [1.807, 2.05) is 0 Å². The highest BCUT2D eigenvalue weighted by molar-refractivity contribution is 6.10. The van der Waals surface area contributed by atoms with E-state index in [2.05, 4.69) is 162 Å². The summed E-state index contributed by atoms with van der Waals surface area (Å²) in [5.41, 5.74) is 12.8. The van der Waals surface area contributed by atoms with Crippen LogP contribution < -0.4 is 0 Å². The number of rotatable bonds is 8. The third kappa shape index (κ3) is 4.42. The van der Waals surface area contributed by atoms with E-state index in [1.165, 1.54) is 90.1 Å². The molecule has 52 heavy (non-hydrogen) atoms. The average molecular weight is 675 g/mol. The Balaban J connectivity index is 1.02. The molecule has 254 valence electrons. The van der Waals surface area contributed by atoms with Crippen molar-refractivity contribution in [3.63, 3.8) is 0 Å². The van der Waals surface area contributed by atoms with Gasteiger partial charge in [0.2, 0.25) is 0 Å². The molecule has 0 radical (unpaired) electrons. The summed E-state index contributed by atoms with van der Waals surface area (Å²) in [5.74, 6) is 2.21. The first-order valence-electron chi connectivity index (χ1n) is 19.2. The Morgan fingerprint density at radius 2 is 1.06 bits per heavy atom. The lowest BCUT2D eigenvalue weighted by Crippen LogP contribution is -2.22. The van der Waals surface area contributed by atoms with Crippen molar-refractivity contribution >= 4 is 43.6 Å². The molecule has 3 heteroatoms. The van der Waals surface area contributed by atoms with Gasteiger partial charge in [-0.2, -0.15) is 0 Å².